The average Bonchev–Trinajstić information content (AvgIpc) is 3.21. The van der Waals surface area contributed by atoms with Crippen LogP contribution in [0.15, 0.2) is 12.1 Å². The molecule has 0 saturated carbocycles. The van der Waals surface area contributed by atoms with E-state index in [-0.39, 0.29) is 24.7 Å². The molecule has 14 nitrogen and oxygen atoms in total. The number of methoxy groups -OCH3 is 2. The second kappa shape index (κ2) is 10.7. The molecule has 172 valence electrons. The number of rotatable bonds is 10. The standard InChI is InChI=1S/C18H20N4O10/c1-5-30-17(24)15-14(19-21(20-15)9-32-18(25)31-6-2)16(23)10-7-12(28-3)13(29-4)8-11(10)22(26)27/h7-8H,5-6,9H2,1-4H3. The van der Waals surface area contributed by atoms with Crippen LogP contribution in [0.1, 0.15) is 40.4 Å². The quantitative estimate of drug-likeness (QED) is 0.222. The molecule has 0 N–H and O–H groups in total. The third kappa shape index (κ3) is 5.27. The summed E-state index contributed by atoms with van der Waals surface area (Å²) in [5, 5.41) is 19.2. The first-order valence-corrected chi connectivity index (χ1v) is 9.14. The van der Waals surface area contributed by atoms with Crippen molar-refractivity contribution in [3.63, 3.8) is 0 Å². The van der Waals surface area contributed by atoms with Gasteiger partial charge in [-0.1, -0.05) is 0 Å². The molecular weight excluding hydrogens is 432 g/mol. The molecule has 14 heteroatoms. The van der Waals surface area contributed by atoms with E-state index in [2.05, 4.69) is 14.9 Å². The predicted octanol–water partition coefficient (Wildman–Crippen LogP) is 1.74. The van der Waals surface area contributed by atoms with Gasteiger partial charge in [0.05, 0.1) is 38.4 Å². The zero-order valence-electron chi connectivity index (χ0n) is 17.6. The summed E-state index contributed by atoms with van der Waals surface area (Å²) in [5.41, 5.74) is -2.11. The molecule has 2 aromatic rings. The van der Waals surface area contributed by atoms with Gasteiger partial charge in [-0.25, -0.2) is 9.59 Å². The number of nitro benzene ring substituents is 1. The molecule has 0 aliphatic rings. The number of benzene rings is 1. The van der Waals surface area contributed by atoms with Gasteiger partial charge in [0.25, 0.3) is 5.69 Å². The third-order valence-electron chi connectivity index (χ3n) is 3.84. The van der Waals surface area contributed by atoms with E-state index in [0.29, 0.717) is 0 Å². The van der Waals surface area contributed by atoms with Crippen LogP contribution in [0.3, 0.4) is 0 Å². The first-order valence-electron chi connectivity index (χ1n) is 9.14. The number of hydrogen-bond acceptors (Lipinski definition) is 12. The van der Waals surface area contributed by atoms with Gasteiger partial charge in [0.15, 0.2) is 17.2 Å². The normalized spacial score (nSPS) is 10.2. The Labute approximate surface area is 181 Å². The second-order valence-electron chi connectivity index (χ2n) is 5.76. The molecule has 1 aromatic carbocycles. The Morgan fingerprint density at radius 3 is 2.12 bits per heavy atom. The minimum Gasteiger partial charge on any atom is -0.493 e. The van der Waals surface area contributed by atoms with Crippen molar-refractivity contribution in [1.29, 1.82) is 0 Å². The maximum atomic E-state index is 13.2. The number of carbonyl (C=O) groups is 3. The molecule has 0 atom stereocenters. The Hall–Kier alpha value is -4.23. The number of esters is 1. The number of hydrogen-bond donors (Lipinski definition) is 0. The fraction of sp³-hybridized carbons (Fsp3) is 0.389. The first kappa shape index (κ1) is 24.0. The lowest BCUT2D eigenvalue weighted by molar-refractivity contribution is -0.385. The number of nitrogens with zero attached hydrogens (tertiary/aromatic N) is 4. The molecule has 0 amide bonds. The monoisotopic (exact) mass is 452 g/mol. The van der Waals surface area contributed by atoms with Gasteiger partial charge in [0, 0.05) is 6.07 Å². The summed E-state index contributed by atoms with van der Waals surface area (Å²) in [6.45, 7) is 2.54. The smallest absolute Gasteiger partial charge is 0.493 e. The van der Waals surface area contributed by atoms with Crippen molar-refractivity contribution in [2.24, 2.45) is 0 Å². The highest BCUT2D eigenvalue weighted by molar-refractivity contribution is 6.14. The Morgan fingerprint density at radius 1 is 0.969 bits per heavy atom. The number of nitro groups is 1. The molecular formula is C18H20N4O10. The molecule has 0 unspecified atom stereocenters. The Morgan fingerprint density at radius 2 is 1.56 bits per heavy atom. The molecule has 0 saturated heterocycles. The largest absolute Gasteiger partial charge is 0.510 e. The summed E-state index contributed by atoms with van der Waals surface area (Å²) < 4.78 is 24.4. The summed E-state index contributed by atoms with van der Waals surface area (Å²) in [4.78, 5) is 48.3. The van der Waals surface area contributed by atoms with E-state index < -0.39 is 52.2 Å². The molecule has 1 aromatic heterocycles. The maximum absolute atomic E-state index is 13.2. The highest BCUT2D eigenvalue weighted by Crippen LogP contribution is 2.35. The molecule has 0 radical (unpaired) electrons. The first-order chi connectivity index (χ1) is 15.3. The van der Waals surface area contributed by atoms with Crippen LogP contribution in [0.5, 0.6) is 11.5 Å². The number of carbonyl (C=O) groups excluding carboxylic acids is 3. The number of aromatic nitrogens is 3. The van der Waals surface area contributed by atoms with Crippen LogP contribution in [0.4, 0.5) is 10.5 Å². The SMILES string of the molecule is CCOC(=O)OCn1nc(C(=O)OCC)c(C(=O)c2cc(OC)c(OC)cc2[N+](=O)[O-])n1. The zero-order chi connectivity index (χ0) is 23.8. The second-order valence-corrected chi connectivity index (χ2v) is 5.76. The van der Waals surface area contributed by atoms with E-state index in [1.165, 1.54) is 21.1 Å². The highest BCUT2D eigenvalue weighted by Gasteiger charge is 2.32. The molecule has 0 bridgehead atoms. The van der Waals surface area contributed by atoms with Crippen LogP contribution in [-0.2, 0) is 20.9 Å². The number of ether oxygens (including phenoxy) is 5. The van der Waals surface area contributed by atoms with Crippen LogP contribution in [0, 0.1) is 10.1 Å². The van der Waals surface area contributed by atoms with Crippen molar-refractivity contribution in [3.8, 4) is 11.5 Å². The Balaban J connectivity index is 2.55. The van der Waals surface area contributed by atoms with E-state index in [0.717, 1.165) is 16.9 Å². The Bertz CT molecular complexity index is 1030. The van der Waals surface area contributed by atoms with Crippen LogP contribution >= 0.6 is 0 Å². The number of ketones is 1. The Kier molecular flexibility index (Phi) is 8.04. The minimum absolute atomic E-state index is 0.0212. The fourth-order valence-electron chi connectivity index (χ4n) is 2.49. The zero-order valence-corrected chi connectivity index (χ0v) is 17.6. The average molecular weight is 452 g/mol. The van der Waals surface area contributed by atoms with E-state index >= 15 is 0 Å². The maximum Gasteiger partial charge on any atom is 0.510 e. The van der Waals surface area contributed by atoms with Crippen LogP contribution in [0.2, 0.25) is 0 Å². The lowest BCUT2D eigenvalue weighted by atomic mass is 10.0. The van der Waals surface area contributed by atoms with Gasteiger partial charge in [-0.05, 0) is 13.8 Å². The summed E-state index contributed by atoms with van der Waals surface area (Å²) in [7, 11) is 2.56. The van der Waals surface area contributed by atoms with Crippen molar-refractivity contribution in [3.05, 3.63) is 39.2 Å². The third-order valence-corrected chi connectivity index (χ3v) is 3.84. The van der Waals surface area contributed by atoms with Crippen LogP contribution < -0.4 is 9.47 Å². The van der Waals surface area contributed by atoms with Gasteiger partial charge < -0.3 is 23.7 Å². The van der Waals surface area contributed by atoms with Crippen molar-refractivity contribution in [1.82, 2.24) is 15.0 Å². The van der Waals surface area contributed by atoms with E-state index in [1.54, 1.807) is 6.92 Å². The molecule has 0 fully saturated rings. The van der Waals surface area contributed by atoms with E-state index in [1.807, 2.05) is 0 Å². The lowest BCUT2D eigenvalue weighted by Crippen LogP contribution is -2.14. The van der Waals surface area contributed by atoms with Crippen molar-refractivity contribution in [2.75, 3.05) is 27.4 Å². The molecule has 32 heavy (non-hydrogen) atoms. The van der Waals surface area contributed by atoms with Crippen molar-refractivity contribution >= 4 is 23.6 Å². The van der Waals surface area contributed by atoms with Gasteiger partial charge in [-0.3, -0.25) is 14.9 Å². The van der Waals surface area contributed by atoms with E-state index in [9.17, 15) is 24.5 Å². The molecule has 0 aliphatic heterocycles. The highest BCUT2D eigenvalue weighted by atomic mass is 16.7. The van der Waals surface area contributed by atoms with Gasteiger partial charge in [-0.2, -0.15) is 0 Å². The summed E-state index contributed by atoms with van der Waals surface area (Å²) in [5.74, 6) is -1.95. The van der Waals surface area contributed by atoms with E-state index in [4.69, 9.17) is 18.9 Å². The van der Waals surface area contributed by atoms with Gasteiger partial charge in [0.1, 0.15) is 5.56 Å². The topological polar surface area (TPSA) is 171 Å². The summed E-state index contributed by atoms with van der Waals surface area (Å²) in [6.07, 6.45) is -1.02. The summed E-state index contributed by atoms with van der Waals surface area (Å²) >= 11 is 0. The summed E-state index contributed by atoms with van der Waals surface area (Å²) in [6, 6.07) is 2.09. The molecule has 1 heterocycles. The molecule has 2 rings (SSSR count). The minimum atomic E-state index is -1.02. The van der Waals surface area contributed by atoms with Crippen molar-refractivity contribution < 1.29 is 43.0 Å². The van der Waals surface area contributed by atoms with Crippen LogP contribution in [-0.4, -0.2) is 65.3 Å². The predicted molar refractivity (Wildman–Crippen MR) is 104 cm³/mol. The molecule has 0 aliphatic carbocycles. The van der Waals surface area contributed by atoms with Gasteiger partial charge in [-0.15, -0.1) is 15.0 Å². The van der Waals surface area contributed by atoms with Crippen LogP contribution in [0.25, 0.3) is 0 Å². The van der Waals surface area contributed by atoms with Gasteiger partial charge in [0.2, 0.25) is 18.2 Å². The molecule has 0 spiro atoms. The fourth-order valence-corrected chi connectivity index (χ4v) is 2.49. The lowest BCUT2D eigenvalue weighted by Gasteiger charge is -2.09. The van der Waals surface area contributed by atoms with Gasteiger partial charge >= 0.3 is 12.1 Å². The van der Waals surface area contributed by atoms with Crippen molar-refractivity contribution in [2.45, 2.75) is 20.6 Å².